The lowest BCUT2D eigenvalue weighted by molar-refractivity contribution is 0.0945. The Labute approximate surface area is 171 Å². The Bertz CT molecular complexity index is 1110. The highest BCUT2D eigenvalue weighted by atomic mass is 32.1. The molecular formula is C21H18FN5OS. The van der Waals surface area contributed by atoms with Crippen LogP contribution in [0.2, 0.25) is 0 Å². The molecule has 0 saturated heterocycles. The van der Waals surface area contributed by atoms with Gasteiger partial charge in [-0.05, 0) is 11.6 Å². The Morgan fingerprint density at radius 3 is 2.72 bits per heavy atom. The SMILES string of the molecule is O=C(NCc1csc(Cc2ccccc2)n1)c1cn(Cc2ccccc2F)nn1. The summed E-state index contributed by atoms with van der Waals surface area (Å²) in [7, 11) is 0. The van der Waals surface area contributed by atoms with E-state index in [2.05, 4.69) is 32.7 Å². The molecule has 0 unspecified atom stereocenters. The van der Waals surface area contributed by atoms with E-state index in [4.69, 9.17) is 0 Å². The molecule has 0 fully saturated rings. The lowest BCUT2D eigenvalue weighted by Gasteiger charge is -2.02. The molecule has 0 spiro atoms. The van der Waals surface area contributed by atoms with Gasteiger partial charge in [0, 0.05) is 17.4 Å². The maximum absolute atomic E-state index is 13.7. The molecule has 2 aromatic heterocycles. The normalized spacial score (nSPS) is 10.8. The van der Waals surface area contributed by atoms with Crippen molar-refractivity contribution in [3.05, 3.63) is 99.5 Å². The third kappa shape index (κ3) is 4.91. The fourth-order valence-corrected chi connectivity index (χ4v) is 3.65. The van der Waals surface area contributed by atoms with E-state index in [1.807, 2.05) is 23.6 Å². The summed E-state index contributed by atoms with van der Waals surface area (Å²) in [4.78, 5) is 16.9. The minimum absolute atomic E-state index is 0.182. The lowest BCUT2D eigenvalue weighted by Crippen LogP contribution is -2.23. The molecule has 2 heterocycles. The number of halogens is 1. The molecule has 4 aromatic rings. The van der Waals surface area contributed by atoms with E-state index in [1.165, 1.54) is 22.5 Å². The van der Waals surface area contributed by atoms with Crippen LogP contribution in [-0.2, 0) is 19.5 Å². The van der Waals surface area contributed by atoms with Crippen LogP contribution in [0.4, 0.5) is 4.39 Å². The van der Waals surface area contributed by atoms with Gasteiger partial charge in [0.2, 0.25) is 0 Å². The summed E-state index contributed by atoms with van der Waals surface area (Å²) in [5.74, 6) is -0.661. The minimum Gasteiger partial charge on any atom is -0.345 e. The van der Waals surface area contributed by atoms with Crippen LogP contribution in [0.25, 0.3) is 0 Å². The number of thiazole rings is 1. The van der Waals surface area contributed by atoms with Gasteiger partial charge in [0.1, 0.15) is 5.82 Å². The highest BCUT2D eigenvalue weighted by Crippen LogP contribution is 2.15. The van der Waals surface area contributed by atoms with Crippen LogP contribution in [0, 0.1) is 5.82 Å². The van der Waals surface area contributed by atoms with Crippen LogP contribution in [0.1, 0.15) is 32.3 Å². The standard InChI is InChI=1S/C21H18FN5OS/c22-18-9-5-4-8-16(18)12-27-13-19(25-26-27)21(28)23-11-17-14-29-20(24-17)10-15-6-2-1-3-7-15/h1-9,13-14H,10-12H2,(H,23,28). The van der Waals surface area contributed by atoms with E-state index >= 15 is 0 Å². The Hall–Kier alpha value is -3.39. The predicted octanol–water partition coefficient (Wildman–Crippen LogP) is 3.44. The van der Waals surface area contributed by atoms with E-state index in [0.717, 1.165) is 17.1 Å². The number of rotatable bonds is 7. The second-order valence-electron chi connectivity index (χ2n) is 6.47. The first-order chi connectivity index (χ1) is 14.2. The number of hydrogen-bond acceptors (Lipinski definition) is 5. The number of nitrogens with one attached hydrogen (secondary N) is 1. The largest absolute Gasteiger partial charge is 0.345 e. The first kappa shape index (κ1) is 18.9. The number of aromatic nitrogens is 4. The molecule has 0 radical (unpaired) electrons. The van der Waals surface area contributed by atoms with Crippen molar-refractivity contribution >= 4 is 17.2 Å². The fraction of sp³-hybridized carbons (Fsp3) is 0.143. The number of hydrogen-bond donors (Lipinski definition) is 1. The van der Waals surface area contributed by atoms with Crippen LogP contribution in [0.3, 0.4) is 0 Å². The number of carbonyl (C=O) groups is 1. The van der Waals surface area contributed by atoms with Gasteiger partial charge in [0.25, 0.3) is 5.91 Å². The second kappa shape index (κ2) is 8.74. The summed E-state index contributed by atoms with van der Waals surface area (Å²) in [6.07, 6.45) is 2.27. The molecule has 1 N–H and O–H groups in total. The highest BCUT2D eigenvalue weighted by molar-refractivity contribution is 7.09. The van der Waals surface area contributed by atoms with E-state index < -0.39 is 0 Å². The second-order valence-corrected chi connectivity index (χ2v) is 7.41. The Morgan fingerprint density at radius 2 is 1.90 bits per heavy atom. The van der Waals surface area contributed by atoms with Crippen LogP contribution >= 0.6 is 11.3 Å². The molecule has 8 heteroatoms. The van der Waals surface area contributed by atoms with E-state index in [9.17, 15) is 9.18 Å². The highest BCUT2D eigenvalue weighted by Gasteiger charge is 2.12. The lowest BCUT2D eigenvalue weighted by atomic mass is 10.2. The first-order valence-electron chi connectivity index (χ1n) is 9.06. The van der Waals surface area contributed by atoms with Crippen LogP contribution < -0.4 is 5.32 Å². The molecule has 0 saturated carbocycles. The third-order valence-electron chi connectivity index (χ3n) is 4.29. The molecule has 4 rings (SSSR count). The summed E-state index contributed by atoms with van der Waals surface area (Å²) >= 11 is 1.57. The van der Waals surface area contributed by atoms with Crippen LogP contribution in [0.5, 0.6) is 0 Å². The zero-order valence-electron chi connectivity index (χ0n) is 15.5. The van der Waals surface area contributed by atoms with Crippen molar-refractivity contribution in [2.75, 3.05) is 0 Å². The van der Waals surface area contributed by atoms with Crippen molar-refractivity contribution in [2.45, 2.75) is 19.5 Å². The first-order valence-corrected chi connectivity index (χ1v) is 9.94. The quantitative estimate of drug-likeness (QED) is 0.509. The average molecular weight is 407 g/mol. The molecule has 146 valence electrons. The molecule has 0 aliphatic carbocycles. The zero-order chi connectivity index (χ0) is 20.1. The Balaban J connectivity index is 1.32. The van der Waals surface area contributed by atoms with Crippen molar-refractivity contribution in [3.8, 4) is 0 Å². The number of amides is 1. The minimum atomic E-state index is -0.345. The van der Waals surface area contributed by atoms with Crippen molar-refractivity contribution in [1.82, 2.24) is 25.3 Å². The van der Waals surface area contributed by atoms with Gasteiger partial charge in [-0.3, -0.25) is 4.79 Å². The van der Waals surface area contributed by atoms with Gasteiger partial charge in [0.05, 0.1) is 30.0 Å². The molecular weight excluding hydrogens is 389 g/mol. The predicted molar refractivity (Wildman–Crippen MR) is 108 cm³/mol. The molecule has 0 bridgehead atoms. The maximum Gasteiger partial charge on any atom is 0.273 e. The smallest absolute Gasteiger partial charge is 0.273 e. The summed E-state index contributed by atoms with van der Waals surface area (Å²) in [6.45, 7) is 0.520. The van der Waals surface area contributed by atoms with Gasteiger partial charge in [-0.2, -0.15) is 0 Å². The molecule has 0 aliphatic rings. The maximum atomic E-state index is 13.7. The number of benzene rings is 2. The molecule has 2 aromatic carbocycles. The third-order valence-corrected chi connectivity index (χ3v) is 5.19. The number of carbonyl (C=O) groups excluding carboxylic acids is 1. The monoisotopic (exact) mass is 407 g/mol. The van der Waals surface area contributed by atoms with Crippen LogP contribution in [0.15, 0.2) is 66.2 Å². The molecule has 0 aliphatic heterocycles. The molecule has 1 amide bonds. The summed E-state index contributed by atoms with van der Waals surface area (Å²) in [5, 5.41) is 13.5. The zero-order valence-corrected chi connectivity index (χ0v) is 16.3. The van der Waals surface area contributed by atoms with E-state index in [-0.39, 0.29) is 24.0 Å². The topological polar surface area (TPSA) is 72.7 Å². The van der Waals surface area contributed by atoms with Gasteiger partial charge >= 0.3 is 0 Å². The van der Waals surface area contributed by atoms with Gasteiger partial charge in [0.15, 0.2) is 5.69 Å². The summed E-state index contributed by atoms with van der Waals surface area (Å²) < 4.78 is 15.2. The Morgan fingerprint density at radius 1 is 1.10 bits per heavy atom. The molecule has 0 atom stereocenters. The van der Waals surface area contributed by atoms with E-state index in [1.54, 1.807) is 29.5 Å². The van der Waals surface area contributed by atoms with E-state index in [0.29, 0.717) is 12.1 Å². The average Bonchev–Trinajstić information content (AvgIpc) is 3.38. The molecule has 29 heavy (non-hydrogen) atoms. The van der Waals surface area contributed by atoms with Crippen molar-refractivity contribution in [1.29, 1.82) is 0 Å². The van der Waals surface area contributed by atoms with Crippen molar-refractivity contribution in [3.63, 3.8) is 0 Å². The van der Waals surface area contributed by atoms with Crippen molar-refractivity contribution in [2.24, 2.45) is 0 Å². The number of nitrogens with zero attached hydrogens (tertiary/aromatic N) is 4. The van der Waals surface area contributed by atoms with Gasteiger partial charge in [-0.15, -0.1) is 16.4 Å². The van der Waals surface area contributed by atoms with Gasteiger partial charge in [-0.1, -0.05) is 53.7 Å². The Kier molecular flexibility index (Phi) is 5.71. The van der Waals surface area contributed by atoms with Crippen LogP contribution in [-0.4, -0.2) is 25.9 Å². The summed E-state index contributed by atoms with van der Waals surface area (Å²) in [6, 6.07) is 16.6. The molecule has 6 nitrogen and oxygen atoms in total. The van der Waals surface area contributed by atoms with Crippen molar-refractivity contribution < 1.29 is 9.18 Å². The summed E-state index contributed by atoms with van der Waals surface area (Å²) in [5.41, 5.74) is 2.66. The van der Waals surface area contributed by atoms with Gasteiger partial charge in [-0.25, -0.2) is 14.1 Å². The fourth-order valence-electron chi connectivity index (χ4n) is 2.82. The van der Waals surface area contributed by atoms with Gasteiger partial charge < -0.3 is 5.32 Å².